The van der Waals surface area contributed by atoms with Crippen LogP contribution in [-0.4, -0.2) is 52.4 Å². The molecule has 318 valence electrons. The number of carbonyl (C=O) groups excluding carboxylic acids is 1. The van der Waals surface area contributed by atoms with Gasteiger partial charge in [-0.3, -0.25) is 4.79 Å². The summed E-state index contributed by atoms with van der Waals surface area (Å²) in [5.41, 5.74) is 5.90. The van der Waals surface area contributed by atoms with Crippen molar-refractivity contribution >= 4 is 82.1 Å². The van der Waals surface area contributed by atoms with E-state index in [1.54, 1.807) is 42.9 Å². The topological polar surface area (TPSA) is 161 Å². The number of aromatic nitrogens is 7. The van der Waals surface area contributed by atoms with Gasteiger partial charge < -0.3 is 26.3 Å². The van der Waals surface area contributed by atoms with Crippen LogP contribution in [0.5, 0.6) is 29.3 Å². The van der Waals surface area contributed by atoms with Gasteiger partial charge in [0.25, 0.3) is 5.91 Å². The number of fused-ring (bicyclic) bond motifs is 4. The minimum atomic E-state index is -0.0401. The van der Waals surface area contributed by atoms with Crippen LogP contribution in [0.4, 0.5) is 0 Å². The summed E-state index contributed by atoms with van der Waals surface area (Å²) >= 11 is 12.5. The fourth-order valence-electron chi connectivity index (χ4n) is 6.41. The van der Waals surface area contributed by atoms with Gasteiger partial charge in [-0.05, 0) is 98.1 Å². The van der Waals surface area contributed by atoms with E-state index in [4.69, 9.17) is 26.2 Å². The number of benzene rings is 6. The van der Waals surface area contributed by atoms with Crippen LogP contribution in [0.1, 0.15) is 17.5 Å². The number of H-pyrrole nitrogens is 1. The molecule has 0 unspecified atom stereocenters. The van der Waals surface area contributed by atoms with E-state index in [0.29, 0.717) is 29.6 Å². The Morgan fingerprint density at radius 3 is 1.62 bits per heavy atom. The third kappa shape index (κ3) is 12.3. The number of rotatable bonds is 5. The SMILES string of the molecule is Brc1cccc2cnc(Oc3ccccc3)nc12.Clc1ncc2cccc(Br)c2n1.O=C1NCCc2[nH]c(-c3cccc4cnc(Oc5ccccc5)nc34)cc21.Oc1ccccc1.[H-].[Na+]. The summed E-state index contributed by atoms with van der Waals surface area (Å²) in [5.74, 6) is 1.69. The van der Waals surface area contributed by atoms with Gasteiger partial charge in [-0.2, -0.15) is 9.97 Å². The first-order valence-corrected chi connectivity index (χ1v) is 21.7. The molecule has 12 nitrogen and oxygen atoms in total. The molecule has 1 aliphatic heterocycles. The summed E-state index contributed by atoms with van der Waals surface area (Å²) in [7, 11) is 0. The molecule has 5 heterocycles. The van der Waals surface area contributed by atoms with Crippen LogP contribution in [0.2, 0.25) is 5.28 Å². The van der Waals surface area contributed by atoms with Crippen molar-refractivity contribution in [1.82, 2.24) is 40.2 Å². The zero-order valence-electron chi connectivity index (χ0n) is 35.6. The van der Waals surface area contributed by atoms with E-state index in [2.05, 4.69) is 72.1 Å². The van der Waals surface area contributed by atoms with Crippen molar-refractivity contribution in [2.24, 2.45) is 0 Å². The summed E-state index contributed by atoms with van der Waals surface area (Å²) in [6.45, 7) is 0.651. The van der Waals surface area contributed by atoms with Crippen LogP contribution >= 0.6 is 43.5 Å². The molecule has 4 aromatic heterocycles. The molecule has 0 spiro atoms. The Balaban J connectivity index is 0.000000159. The van der Waals surface area contributed by atoms with Crippen LogP contribution < -0.4 is 44.3 Å². The molecule has 10 aromatic rings. The van der Waals surface area contributed by atoms with Crippen molar-refractivity contribution in [3.8, 4) is 40.5 Å². The Hall–Kier alpha value is -6.26. The molecule has 3 N–H and O–H groups in total. The van der Waals surface area contributed by atoms with E-state index in [0.717, 1.165) is 70.8 Å². The number of amides is 1. The number of phenols is 1. The van der Waals surface area contributed by atoms with Gasteiger partial charge in [-0.1, -0.05) is 97.1 Å². The molecule has 0 radical (unpaired) electrons. The van der Waals surface area contributed by atoms with Crippen molar-refractivity contribution in [2.45, 2.75) is 6.42 Å². The molecule has 16 heteroatoms. The van der Waals surface area contributed by atoms with E-state index >= 15 is 0 Å². The van der Waals surface area contributed by atoms with Crippen LogP contribution in [0.3, 0.4) is 0 Å². The summed E-state index contributed by atoms with van der Waals surface area (Å²) in [4.78, 5) is 40.9. The molecule has 1 aliphatic rings. The maximum atomic E-state index is 12.1. The monoisotopic (exact) mass is 1020 g/mol. The van der Waals surface area contributed by atoms with Crippen LogP contribution in [0, 0.1) is 0 Å². The van der Waals surface area contributed by atoms with E-state index in [1.165, 1.54) is 0 Å². The van der Waals surface area contributed by atoms with Gasteiger partial charge in [0.2, 0.25) is 5.28 Å². The predicted molar refractivity (Wildman–Crippen MR) is 257 cm³/mol. The second kappa shape index (κ2) is 22.6. The molecule has 11 rings (SSSR count). The molecule has 0 saturated heterocycles. The number of aromatic amines is 1. The molecule has 0 atom stereocenters. The van der Waals surface area contributed by atoms with Gasteiger partial charge in [0.15, 0.2) is 0 Å². The van der Waals surface area contributed by atoms with Crippen molar-refractivity contribution in [3.05, 3.63) is 196 Å². The summed E-state index contributed by atoms with van der Waals surface area (Å²) in [5, 5.41) is 14.6. The van der Waals surface area contributed by atoms with Crippen molar-refractivity contribution in [1.29, 1.82) is 0 Å². The standard InChI is InChI=1S/C21H16N4O2.C14H9BrN2O.C8H4BrClN2.C6H6O.Na.H/c26-20-16-11-18(24-17(16)9-10-22-20)15-8-4-5-13-12-23-21(25-19(13)15)27-14-6-2-1-3-7-14;15-12-8-4-5-10-9-16-14(17-13(10)12)18-11-6-2-1-3-7-11;9-6-3-1-2-5-4-11-8(10)12-7(5)6;7-6-4-2-1-3-5-6;;/h1-8,11-12,24H,9-10H2,(H,22,26);1-9H;1-4H;1-5,7H;;/q;;;;+1;-1. The van der Waals surface area contributed by atoms with Gasteiger partial charge in [0, 0.05) is 73.6 Å². The quantitative estimate of drug-likeness (QED) is 0.112. The zero-order valence-corrected chi connectivity index (χ0v) is 40.5. The summed E-state index contributed by atoms with van der Waals surface area (Å²) < 4.78 is 13.2. The average Bonchev–Trinajstić information content (AvgIpc) is 3.77. The first kappa shape index (κ1) is 46.7. The largest absolute Gasteiger partial charge is 1.00 e. The predicted octanol–water partition coefficient (Wildman–Crippen LogP) is 9.44. The first-order valence-electron chi connectivity index (χ1n) is 19.7. The number of para-hydroxylation sites is 6. The molecule has 1 amide bonds. The molecular weight excluding hydrogens is 983 g/mol. The fraction of sp³-hybridized carbons (Fsp3) is 0.0408. The Kier molecular flexibility index (Phi) is 16.2. The van der Waals surface area contributed by atoms with Crippen LogP contribution in [0.25, 0.3) is 44.0 Å². The van der Waals surface area contributed by atoms with Gasteiger partial charge in [0.1, 0.15) is 17.2 Å². The number of hydrogen-bond acceptors (Lipinski definition) is 10. The zero-order chi connectivity index (χ0) is 44.3. The van der Waals surface area contributed by atoms with Gasteiger partial charge in [-0.25, -0.2) is 19.9 Å². The van der Waals surface area contributed by atoms with E-state index in [9.17, 15) is 4.79 Å². The maximum Gasteiger partial charge on any atom is 1.00 e. The normalized spacial score (nSPS) is 11.3. The number of hydrogen-bond donors (Lipinski definition) is 3. The van der Waals surface area contributed by atoms with Gasteiger partial charge >= 0.3 is 41.6 Å². The van der Waals surface area contributed by atoms with E-state index < -0.39 is 0 Å². The van der Waals surface area contributed by atoms with E-state index in [-0.39, 0.29) is 48.2 Å². The average molecular weight is 1020 g/mol. The number of halogens is 3. The van der Waals surface area contributed by atoms with Crippen LogP contribution in [-0.2, 0) is 6.42 Å². The van der Waals surface area contributed by atoms with Crippen molar-refractivity contribution in [3.63, 3.8) is 0 Å². The Morgan fingerprint density at radius 2 is 1.08 bits per heavy atom. The second-order valence-corrected chi connectivity index (χ2v) is 15.8. The van der Waals surface area contributed by atoms with E-state index in [1.807, 2.05) is 127 Å². The number of carbonyl (C=O) groups is 1. The minimum Gasteiger partial charge on any atom is -1.00 e. The smallest absolute Gasteiger partial charge is 1.00 e. The molecule has 0 fully saturated rings. The number of nitrogens with zero attached hydrogens (tertiary/aromatic N) is 6. The fourth-order valence-corrected chi connectivity index (χ4v) is 7.48. The Bertz CT molecular complexity index is 3200. The van der Waals surface area contributed by atoms with Crippen molar-refractivity contribution < 1.29 is 50.4 Å². The number of aromatic hydroxyl groups is 1. The third-order valence-electron chi connectivity index (χ3n) is 9.42. The molecule has 6 aromatic carbocycles. The first-order chi connectivity index (χ1) is 31.3. The summed E-state index contributed by atoms with van der Waals surface area (Å²) in [6.07, 6.45) is 6.00. The summed E-state index contributed by atoms with van der Waals surface area (Å²) in [6, 6.07) is 47.7. The van der Waals surface area contributed by atoms with Crippen molar-refractivity contribution in [2.75, 3.05) is 6.54 Å². The minimum absolute atomic E-state index is 0. The Labute approximate surface area is 418 Å². The van der Waals surface area contributed by atoms with Gasteiger partial charge in [0.05, 0.1) is 22.1 Å². The third-order valence-corrected chi connectivity index (χ3v) is 10.9. The number of nitrogens with one attached hydrogen (secondary N) is 2. The molecule has 0 bridgehead atoms. The second-order valence-electron chi connectivity index (χ2n) is 13.8. The Morgan fingerprint density at radius 1 is 0.585 bits per heavy atom. The number of ether oxygens (including phenoxy) is 2. The molecule has 0 saturated carbocycles. The number of phenolic OH excluding ortho intramolecular Hbond substituents is 1. The van der Waals surface area contributed by atoms with Crippen LogP contribution in [0.15, 0.2) is 179 Å². The molecular formula is C49H36Br2ClN8NaO4. The molecule has 65 heavy (non-hydrogen) atoms. The van der Waals surface area contributed by atoms with Gasteiger partial charge in [-0.15, -0.1) is 0 Å². The molecule has 0 aliphatic carbocycles. The maximum absolute atomic E-state index is 12.1.